The fourth-order valence-electron chi connectivity index (χ4n) is 5.14. The number of nitrogen functional groups attached to an aromatic ring is 1. The molecule has 4 N–H and O–H groups in total. The first-order valence-corrected chi connectivity index (χ1v) is 11.8. The van der Waals surface area contributed by atoms with Gasteiger partial charge in [0, 0.05) is 36.6 Å². The molecule has 0 atom stereocenters. The van der Waals surface area contributed by atoms with E-state index in [9.17, 15) is 4.79 Å². The third-order valence-corrected chi connectivity index (χ3v) is 6.95. The van der Waals surface area contributed by atoms with Gasteiger partial charge in [-0.1, -0.05) is 11.6 Å². The number of aryl methyl sites for hydroxylation is 1. The average Bonchev–Trinajstić information content (AvgIpc) is 2.80. The molecule has 1 aliphatic carbocycles. The Morgan fingerprint density at radius 1 is 1.12 bits per heavy atom. The highest BCUT2D eigenvalue weighted by Gasteiger charge is 2.35. The molecule has 8 nitrogen and oxygen atoms in total. The highest BCUT2D eigenvalue weighted by Crippen LogP contribution is 2.37. The monoisotopic (exact) mass is 445 g/mol. The number of nitrogens with two attached hydrogens (primary N) is 1. The quantitative estimate of drug-likeness (QED) is 0.535. The second-order valence-electron chi connectivity index (χ2n) is 9.30. The number of anilines is 2. The van der Waals surface area contributed by atoms with Crippen LogP contribution < -0.4 is 16.4 Å². The van der Waals surface area contributed by atoms with E-state index in [0.29, 0.717) is 17.8 Å². The normalized spacial score (nSPS) is 21.5. The molecule has 2 fully saturated rings. The van der Waals surface area contributed by atoms with Gasteiger partial charge >= 0.3 is 0 Å². The van der Waals surface area contributed by atoms with Crippen LogP contribution in [0.25, 0.3) is 10.9 Å². The summed E-state index contributed by atoms with van der Waals surface area (Å²) in [6, 6.07) is 10.7. The van der Waals surface area contributed by atoms with E-state index in [2.05, 4.69) is 30.5 Å². The number of hydrogen-bond donors (Lipinski definition) is 3. The third kappa shape index (κ3) is 4.75. The van der Waals surface area contributed by atoms with Crippen molar-refractivity contribution in [3.8, 4) is 0 Å². The summed E-state index contributed by atoms with van der Waals surface area (Å²) in [6.07, 6.45) is 7.92. The largest absolute Gasteiger partial charge is 0.397 e. The first-order valence-electron chi connectivity index (χ1n) is 11.8. The molecule has 2 aromatic heterocycles. The zero-order valence-electron chi connectivity index (χ0n) is 19.0. The Morgan fingerprint density at radius 3 is 2.73 bits per heavy atom. The minimum atomic E-state index is -0.00611. The Labute approximate surface area is 194 Å². The molecule has 1 saturated heterocycles. The number of nitrogens with one attached hydrogen (secondary N) is 2. The van der Waals surface area contributed by atoms with Crippen LogP contribution in [0.4, 0.5) is 11.5 Å². The van der Waals surface area contributed by atoms with Gasteiger partial charge in [0.25, 0.3) is 0 Å². The molecule has 0 bridgehead atoms. The summed E-state index contributed by atoms with van der Waals surface area (Å²) in [6.45, 7) is 4.07. The molecular formula is C25H31N7O. The number of carbonyl (C=O) groups excluding carboxylic acids is 1. The Bertz CT molecular complexity index is 1140. The fourth-order valence-corrected chi connectivity index (χ4v) is 5.14. The van der Waals surface area contributed by atoms with E-state index in [1.165, 1.54) is 6.33 Å². The number of benzene rings is 1. The van der Waals surface area contributed by atoms with Crippen LogP contribution in [0.15, 0.2) is 42.9 Å². The van der Waals surface area contributed by atoms with Crippen molar-refractivity contribution in [3.05, 3.63) is 54.1 Å². The topological polar surface area (TPSA) is 109 Å². The predicted molar refractivity (Wildman–Crippen MR) is 130 cm³/mol. The van der Waals surface area contributed by atoms with Crippen molar-refractivity contribution in [1.82, 2.24) is 25.2 Å². The van der Waals surface area contributed by atoms with Crippen molar-refractivity contribution in [2.45, 2.75) is 50.6 Å². The van der Waals surface area contributed by atoms with Crippen molar-refractivity contribution in [3.63, 3.8) is 0 Å². The van der Waals surface area contributed by atoms with Crippen LogP contribution in [0.1, 0.15) is 42.9 Å². The minimum absolute atomic E-state index is 0.00611. The number of likely N-dealkylation sites (tertiary alicyclic amines) is 1. The maximum absolute atomic E-state index is 12.5. The summed E-state index contributed by atoms with van der Waals surface area (Å²) in [5.74, 6) is 1.15. The van der Waals surface area contributed by atoms with Crippen molar-refractivity contribution in [2.24, 2.45) is 0 Å². The number of hydrogen-bond acceptors (Lipinski definition) is 7. The van der Waals surface area contributed by atoms with Gasteiger partial charge < -0.3 is 16.4 Å². The molecule has 1 amide bonds. The smallest absolute Gasteiger partial charge is 0.239 e. The fraction of sp³-hybridized carbons (Fsp3) is 0.440. The Hall–Kier alpha value is -3.26. The lowest BCUT2D eigenvalue weighted by Crippen LogP contribution is -2.63. The maximum atomic E-state index is 12.5. The maximum Gasteiger partial charge on any atom is 0.239 e. The Morgan fingerprint density at radius 2 is 1.94 bits per heavy atom. The molecule has 2 aliphatic rings. The molecule has 1 aliphatic heterocycles. The predicted octanol–water partition coefficient (Wildman–Crippen LogP) is 2.85. The van der Waals surface area contributed by atoms with Crippen LogP contribution in [0.3, 0.4) is 0 Å². The van der Waals surface area contributed by atoms with E-state index >= 15 is 0 Å². The molecule has 1 aromatic carbocycles. The molecule has 0 radical (unpaired) electrons. The van der Waals surface area contributed by atoms with Crippen LogP contribution in [0.2, 0.25) is 0 Å². The molecule has 33 heavy (non-hydrogen) atoms. The zero-order valence-corrected chi connectivity index (χ0v) is 19.0. The van der Waals surface area contributed by atoms with Crippen LogP contribution >= 0.6 is 0 Å². The van der Waals surface area contributed by atoms with Crippen molar-refractivity contribution >= 4 is 28.3 Å². The van der Waals surface area contributed by atoms with Gasteiger partial charge in [-0.05, 0) is 56.9 Å². The standard InChI is InChI=1S/C25H31N7O/c1-16-4-9-22-20(11-16)25(30-15-29-22)28-12-23(33)31-18-13-32(14-18)19-7-5-17(6-8-19)24-21(26)3-2-10-27-24/h2-4,9-11,15,17-19H,5-8,12-14,26H2,1H3,(H,31,33)(H,28,29,30). The second-order valence-corrected chi connectivity index (χ2v) is 9.30. The van der Waals surface area contributed by atoms with Gasteiger partial charge in [-0.3, -0.25) is 14.7 Å². The lowest BCUT2D eigenvalue weighted by molar-refractivity contribution is -0.121. The first-order chi connectivity index (χ1) is 16.1. The zero-order chi connectivity index (χ0) is 22.8. The Kier molecular flexibility index (Phi) is 6.09. The molecule has 3 aromatic rings. The summed E-state index contributed by atoms with van der Waals surface area (Å²) >= 11 is 0. The van der Waals surface area contributed by atoms with Crippen LogP contribution in [0, 0.1) is 6.92 Å². The second kappa shape index (κ2) is 9.31. The van der Waals surface area contributed by atoms with Crippen LogP contribution in [0.5, 0.6) is 0 Å². The molecule has 3 heterocycles. The van der Waals surface area contributed by atoms with Crippen molar-refractivity contribution in [2.75, 3.05) is 30.7 Å². The van der Waals surface area contributed by atoms with Gasteiger partial charge in [0.15, 0.2) is 0 Å². The number of nitrogens with zero attached hydrogens (tertiary/aromatic N) is 4. The van der Waals surface area contributed by atoms with Crippen molar-refractivity contribution < 1.29 is 4.79 Å². The summed E-state index contributed by atoms with van der Waals surface area (Å²) < 4.78 is 0. The number of fused-ring (bicyclic) bond motifs is 1. The molecule has 1 saturated carbocycles. The highest BCUT2D eigenvalue weighted by atomic mass is 16.2. The Balaban J connectivity index is 1.06. The highest BCUT2D eigenvalue weighted by molar-refractivity contribution is 5.91. The van der Waals surface area contributed by atoms with Gasteiger partial charge in [0.1, 0.15) is 12.1 Å². The van der Waals surface area contributed by atoms with E-state index in [-0.39, 0.29) is 18.5 Å². The van der Waals surface area contributed by atoms with Gasteiger partial charge in [-0.15, -0.1) is 0 Å². The summed E-state index contributed by atoms with van der Waals surface area (Å²) in [5, 5.41) is 7.25. The summed E-state index contributed by atoms with van der Waals surface area (Å²) in [4.78, 5) is 28.1. The molecule has 0 spiro atoms. The molecule has 5 rings (SSSR count). The van der Waals surface area contributed by atoms with Crippen molar-refractivity contribution in [1.29, 1.82) is 0 Å². The minimum Gasteiger partial charge on any atom is -0.397 e. The van der Waals surface area contributed by atoms with Gasteiger partial charge in [-0.2, -0.15) is 0 Å². The number of amides is 1. The molecular weight excluding hydrogens is 414 g/mol. The molecule has 8 heteroatoms. The van der Waals surface area contributed by atoms with Gasteiger partial charge in [0.2, 0.25) is 5.91 Å². The lowest BCUT2D eigenvalue weighted by Gasteiger charge is -2.46. The van der Waals surface area contributed by atoms with Gasteiger partial charge in [-0.25, -0.2) is 9.97 Å². The first kappa shape index (κ1) is 21.6. The van der Waals surface area contributed by atoms with E-state index in [0.717, 1.165) is 66.6 Å². The number of carbonyl (C=O) groups is 1. The molecule has 172 valence electrons. The summed E-state index contributed by atoms with van der Waals surface area (Å²) in [5.41, 5.74) is 9.99. The van der Waals surface area contributed by atoms with Gasteiger partial charge in [0.05, 0.1) is 29.5 Å². The summed E-state index contributed by atoms with van der Waals surface area (Å²) in [7, 11) is 0. The lowest BCUT2D eigenvalue weighted by atomic mass is 9.81. The van der Waals surface area contributed by atoms with E-state index < -0.39 is 0 Å². The third-order valence-electron chi connectivity index (χ3n) is 6.95. The van der Waals surface area contributed by atoms with Crippen LogP contribution in [-0.2, 0) is 4.79 Å². The van der Waals surface area contributed by atoms with E-state index in [4.69, 9.17) is 5.73 Å². The van der Waals surface area contributed by atoms with Crippen LogP contribution in [-0.4, -0.2) is 57.5 Å². The number of rotatable bonds is 6. The van der Waals surface area contributed by atoms with E-state index in [1.54, 1.807) is 0 Å². The SMILES string of the molecule is Cc1ccc2ncnc(NCC(=O)NC3CN(C4CCC(c5ncccc5N)CC4)C3)c2c1. The van der Waals surface area contributed by atoms with E-state index in [1.807, 2.05) is 43.5 Å². The number of aromatic nitrogens is 3. The number of pyridine rings is 1. The molecule has 0 unspecified atom stereocenters. The average molecular weight is 446 g/mol.